The van der Waals surface area contributed by atoms with Crippen LogP contribution in [0.25, 0.3) is 39.9 Å². The van der Waals surface area contributed by atoms with Crippen molar-refractivity contribution in [1.29, 1.82) is 0 Å². The van der Waals surface area contributed by atoms with Gasteiger partial charge in [0.15, 0.2) is 23.0 Å². The van der Waals surface area contributed by atoms with Gasteiger partial charge in [-0.05, 0) is 90.9 Å². The average Bonchev–Trinajstić information content (AvgIpc) is 3.44. The molecule has 0 amide bonds. The highest BCUT2D eigenvalue weighted by Gasteiger charge is 2.23. The Morgan fingerprint density at radius 2 is 1.15 bits per heavy atom. The van der Waals surface area contributed by atoms with E-state index < -0.39 is 0 Å². The molecule has 2 heterocycles. The number of fused-ring (bicyclic) bond motifs is 3. The van der Waals surface area contributed by atoms with E-state index in [1.807, 2.05) is 48.5 Å². The van der Waals surface area contributed by atoms with E-state index in [9.17, 15) is 0 Å². The number of anilines is 3. The zero-order valence-corrected chi connectivity index (χ0v) is 26.0. The van der Waals surface area contributed by atoms with Crippen molar-refractivity contribution in [2.24, 2.45) is 0 Å². The fourth-order valence-corrected chi connectivity index (χ4v) is 6.40. The maximum atomic E-state index is 6.35. The van der Waals surface area contributed by atoms with Crippen LogP contribution in [-0.2, 0) is 0 Å². The summed E-state index contributed by atoms with van der Waals surface area (Å²) in [5.74, 6) is 2.77. The summed E-state index contributed by atoms with van der Waals surface area (Å²) in [6.07, 6.45) is 6.20. The molecule has 1 aromatic heterocycles. The molecule has 0 bridgehead atoms. The second-order valence-corrected chi connectivity index (χ2v) is 11.4. The standard InChI is InChI=1S/C43H32N2O2/c1-3-13-36-37-28-34(24-26-39(37)45(38(36)4-2)32-16-9-6-10-17-32)44(33-22-20-31(21-23-33)30-14-7-5-8-15-30)35-25-27-42-43(29-35)47-41-19-12-11-18-40(41)46-42/h3-29H,2H2,1H3/b13-3-. The van der Waals surface area contributed by atoms with Gasteiger partial charge in [-0.3, -0.25) is 0 Å². The fourth-order valence-electron chi connectivity index (χ4n) is 6.40. The lowest BCUT2D eigenvalue weighted by Gasteiger charge is -2.28. The molecule has 1 aliphatic heterocycles. The summed E-state index contributed by atoms with van der Waals surface area (Å²) in [5, 5.41) is 1.14. The third kappa shape index (κ3) is 5.06. The van der Waals surface area contributed by atoms with Crippen LogP contribution in [0.2, 0.25) is 0 Å². The van der Waals surface area contributed by atoms with Crippen molar-refractivity contribution in [2.45, 2.75) is 6.92 Å². The maximum Gasteiger partial charge on any atom is 0.172 e. The highest BCUT2D eigenvalue weighted by atomic mass is 16.6. The van der Waals surface area contributed by atoms with E-state index >= 15 is 0 Å². The third-order valence-electron chi connectivity index (χ3n) is 8.53. The van der Waals surface area contributed by atoms with Crippen LogP contribution in [0.1, 0.15) is 18.2 Å². The lowest BCUT2D eigenvalue weighted by atomic mass is 10.0. The molecule has 0 atom stereocenters. The molecule has 8 rings (SSSR count). The molecule has 0 radical (unpaired) electrons. The van der Waals surface area contributed by atoms with E-state index in [0.717, 1.165) is 50.5 Å². The van der Waals surface area contributed by atoms with Crippen LogP contribution >= 0.6 is 0 Å². The fraction of sp³-hybridized carbons (Fsp3) is 0.0233. The monoisotopic (exact) mass is 608 g/mol. The molecule has 0 saturated carbocycles. The van der Waals surface area contributed by atoms with Gasteiger partial charge in [0.05, 0.1) is 16.9 Å². The van der Waals surface area contributed by atoms with Gasteiger partial charge in [0.25, 0.3) is 0 Å². The Morgan fingerprint density at radius 3 is 1.85 bits per heavy atom. The summed E-state index contributed by atoms with van der Waals surface area (Å²) in [5.41, 5.74) is 9.73. The molecular weight excluding hydrogens is 576 g/mol. The zero-order chi connectivity index (χ0) is 31.7. The number of rotatable bonds is 7. The molecule has 4 heteroatoms. The summed E-state index contributed by atoms with van der Waals surface area (Å²) < 4.78 is 14.8. The van der Waals surface area contributed by atoms with E-state index in [-0.39, 0.29) is 0 Å². The molecule has 4 nitrogen and oxygen atoms in total. The molecule has 1 aliphatic rings. The van der Waals surface area contributed by atoms with Gasteiger partial charge in [-0.1, -0.05) is 91.5 Å². The van der Waals surface area contributed by atoms with Gasteiger partial charge in [0.2, 0.25) is 0 Å². The third-order valence-corrected chi connectivity index (χ3v) is 8.53. The van der Waals surface area contributed by atoms with Gasteiger partial charge in [-0.15, -0.1) is 0 Å². The van der Waals surface area contributed by atoms with Gasteiger partial charge in [0, 0.05) is 34.1 Å². The highest BCUT2D eigenvalue weighted by molar-refractivity contribution is 5.98. The van der Waals surface area contributed by atoms with Crippen molar-refractivity contribution in [3.05, 3.63) is 170 Å². The summed E-state index contributed by atoms with van der Waals surface area (Å²) >= 11 is 0. The first kappa shape index (κ1) is 28.2. The van der Waals surface area contributed by atoms with Gasteiger partial charge in [-0.2, -0.15) is 0 Å². The van der Waals surface area contributed by atoms with E-state index in [4.69, 9.17) is 9.47 Å². The number of allylic oxidation sites excluding steroid dienone is 1. The first-order chi connectivity index (χ1) is 23.2. The Balaban J connectivity index is 1.30. The van der Waals surface area contributed by atoms with Gasteiger partial charge >= 0.3 is 0 Å². The summed E-state index contributed by atoms with van der Waals surface area (Å²) in [6.45, 7) is 6.26. The summed E-state index contributed by atoms with van der Waals surface area (Å²) in [4.78, 5) is 2.27. The minimum absolute atomic E-state index is 0.673. The van der Waals surface area contributed by atoms with Gasteiger partial charge < -0.3 is 18.9 Å². The first-order valence-corrected chi connectivity index (χ1v) is 15.8. The first-order valence-electron chi connectivity index (χ1n) is 15.8. The molecule has 0 aliphatic carbocycles. The van der Waals surface area contributed by atoms with E-state index in [1.165, 1.54) is 5.56 Å². The van der Waals surface area contributed by atoms with Crippen molar-refractivity contribution in [2.75, 3.05) is 4.90 Å². The Labute approximate surface area is 274 Å². The van der Waals surface area contributed by atoms with Crippen LogP contribution in [-0.4, -0.2) is 4.57 Å². The topological polar surface area (TPSA) is 26.6 Å². The van der Waals surface area contributed by atoms with E-state index in [0.29, 0.717) is 23.0 Å². The largest absolute Gasteiger partial charge is 0.450 e. The second-order valence-electron chi connectivity index (χ2n) is 11.4. The van der Waals surface area contributed by atoms with Crippen LogP contribution in [0.3, 0.4) is 0 Å². The van der Waals surface area contributed by atoms with Crippen molar-refractivity contribution < 1.29 is 9.47 Å². The summed E-state index contributed by atoms with van der Waals surface area (Å²) in [7, 11) is 0. The minimum atomic E-state index is 0.673. The Hall–Kier alpha value is -6.26. The predicted octanol–water partition coefficient (Wildman–Crippen LogP) is 12.3. The predicted molar refractivity (Wildman–Crippen MR) is 195 cm³/mol. The minimum Gasteiger partial charge on any atom is -0.450 e. The lowest BCUT2D eigenvalue weighted by molar-refractivity contribution is 0.360. The molecule has 47 heavy (non-hydrogen) atoms. The van der Waals surface area contributed by atoms with E-state index in [1.54, 1.807) is 0 Å². The normalized spacial score (nSPS) is 11.9. The van der Waals surface area contributed by atoms with Gasteiger partial charge in [-0.25, -0.2) is 0 Å². The number of hydrogen-bond donors (Lipinski definition) is 0. The molecule has 0 fully saturated rings. The van der Waals surface area contributed by atoms with Gasteiger partial charge in [0.1, 0.15) is 0 Å². The quantitative estimate of drug-likeness (QED) is 0.180. The number of aromatic nitrogens is 1. The molecule has 6 aromatic carbocycles. The van der Waals surface area contributed by atoms with Crippen LogP contribution in [0.4, 0.5) is 17.1 Å². The van der Waals surface area contributed by atoms with Crippen molar-refractivity contribution in [3.63, 3.8) is 0 Å². The Morgan fingerprint density at radius 1 is 0.574 bits per heavy atom. The Bertz CT molecular complexity index is 2270. The van der Waals surface area contributed by atoms with Crippen molar-refractivity contribution >= 4 is 40.1 Å². The average molecular weight is 609 g/mol. The smallest absolute Gasteiger partial charge is 0.172 e. The SMILES string of the molecule is C=Cc1c(/C=C\C)c2cc(N(c3ccc(-c4ccccc4)cc3)c3ccc4c(c3)Oc3ccccc3O4)ccc2n1-c1ccccc1. The molecule has 0 N–H and O–H groups in total. The zero-order valence-electron chi connectivity index (χ0n) is 26.0. The molecule has 0 saturated heterocycles. The molecule has 226 valence electrons. The number of benzene rings is 6. The molecule has 0 unspecified atom stereocenters. The van der Waals surface area contributed by atoms with Crippen LogP contribution < -0.4 is 14.4 Å². The van der Waals surface area contributed by atoms with Crippen molar-refractivity contribution in [3.8, 4) is 39.8 Å². The number of hydrogen-bond acceptors (Lipinski definition) is 3. The van der Waals surface area contributed by atoms with Crippen LogP contribution in [0.15, 0.2) is 158 Å². The number of para-hydroxylation sites is 3. The van der Waals surface area contributed by atoms with Crippen molar-refractivity contribution in [1.82, 2.24) is 4.57 Å². The van der Waals surface area contributed by atoms with Crippen LogP contribution in [0.5, 0.6) is 23.0 Å². The number of ether oxygens (including phenoxy) is 2. The molecular formula is C43H32N2O2. The lowest BCUT2D eigenvalue weighted by Crippen LogP contribution is -2.10. The molecule has 0 spiro atoms. The summed E-state index contributed by atoms with van der Waals surface area (Å²) in [6, 6.07) is 50.1. The maximum absolute atomic E-state index is 6.35. The number of nitrogens with zero attached hydrogens (tertiary/aromatic N) is 2. The van der Waals surface area contributed by atoms with E-state index in [2.05, 4.69) is 138 Å². The molecule has 7 aromatic rings. The highest BCUT2D eigenvalue weighted by Crippen LogP contribution is 2.48. The second kappa shape index (κ2) is 11.9. The Kier molecular flexibility index (Phi) is 7.16. The van der Waals surface area contributed by atoms with Crippen LogP contribution in [0, 0.1) is 0 Å².